The van der Waals surface area contributed by atoms with Gasteiger partial charge in [-0.2, -0.15) is 0 Å². The van der Waals surface area contributed by atoms with Gasteiger partial charge >= 0.3 is 0 Å². The van der Waals surface area contributed by atoms with Crippen LogP contribution in [-0.2, 0) is 22.6 Å². The quantitative estimate of drug-likeness (QED) is 0.657. The molecule has 0 saturated carbocycles. The fourth-order valence-corrected chi connectivity index (χ4v) is 4.05. The van der Waals surface area contributed by atoms with Gasteiger partial charge in [0, 0.05) is 23.7 Å². The molecule has 0 aliphatic carbocycles. The van der Waals surface area contributed by atoms with E-state index in [2.05, 4.69) is 22.8 Å². The first-order chi connectivity index (χ1) is 15.0. The molecule has 2 aliphatic heterocycles. The smallest absolute Gasteiger partial charge is 0.279 e. The van der Waals surface area contributed by atoms with E-state index in [4.69, 9.17) is 9.47 Å². The highest BCUT2D eigenvalue weighted by Gasteiger charge is 2.33. The molecule has 4 N–H and O–H groups in total. The predicted octanol–water partition coefficient (Wildman–Crippen LogP) is 1.62. The van der Waals surface area contributed by atoms with E-state index in [1.807, 2.05) is 31.3 Å². The van der Waals surface area contributed by atoms with Gasteiger partial charge in [-0.05, 0) is 23.6 Å². The largest absolute Gasteiger partial charge is 0.486 e. The molecule has 2 aromatic rings. The van der Waals surface area contributed by atoms with E-state index in [1.54, 1.807) is 18.2 Å². The number of carbonyl (C=O) groups is 2. The number of hydrogen-bond acceptors (Lipinski definition) is 4. The Labute approximate surface area is 182 Å². The maximum Gasteiger partial charge on any atom is 0.279 e. The van der Waals surface area contributed by atoms with Gasteiger partial charge in [-0.25, -0.2) is 0 Å². The molecule has 0 bridgehead atoms. The molecule has 0 aromatic heterocycles. The van der Waals surface area contributed by atoms with Gasteiger partial charge in [-0.15, -0.1) is 0 Å². The zero-order chi connectivity index (χ0) is 21.8. The number of hydrogen-bond donors (Lipinski definition) is 3. The summed E-state index contributed by atoms with van der Waals surface area (Å²) in [7, 11) is 0. The third kappa shape index (κ3) is 4.82. The number of rotatable bonds is 6. The van der Waals surface area contributed by atoms with E-state index in [9.17, 15) is 9.59 Å². The molecular formula is C24H30N3O4+. The van der Waals surface area contributed by atoms with E-state index < -0.39 is 6.04 Å². The van der Waals surface area contributed by atoms with Crippen LogP contribution in [0.25, 0.3) is 0 Å². The Kier molecular flexibility index (Phi) is 6.42. The monoisotopic (exact) mass is 424 g/mol. The standard InChI is InChI=1S/C24H29N3O4/c1-3-15(2)22(24(29)26-18-8-9-20-21(13-18)31-11-10-30-20)27-23(28)19-12-16-6-4-5-7-17(16)14-25-19/h4-9,13,15,19,22,25H,3,10-12,14H2,1-2H3,(H,26,29)(H,27,28)/p+1/t15-,19+,22+/m1/s1. The van der Waals surface area contributed by atoms with Gasteiger partial charge in [0.1, 0.15) is 25.8 Å². The lowest BCUT2D eigenvalue weighted by Crippen LogP contribution is -2.93. The topological polar surface area (TPSA) is 93.3 Å². The highest BCUT2D eigenvalue weighted by atomic mass is 16.6. The summed E-state index contributed by atoms with van der Waals surface area (Å²) in [5, 5.41) is 7.99. The van der Waals surface area contributed by atoms with Crippen molar-refractivity contribution < 1.29 is 24.4 Å². The van der Waals surface area contributed by atoms with Crippen molar-refractivity contribution in [1.82, 2.24) is 5.32 Å². The average Bonchev–Trinajstić information content (AvgIpc) is 2.81. The third-order valence-electron chi connectivity index (χ3n) is 6.12. The molecule has 2 heterocycles. The Morgan fingerprint density at radius 2 is 1.84 bits per heavy atom. The summed E-state index contributed by atoms with van der Waals surface area (Å²) in [6.07, 6.45) is 1.44. The molecule has 0 spiro atoms. The van der Waals surface area contributed by atoms with E-state index in [-0.39, 0.29) is 23.8 Å². The van der Waals surface area contributed by atoms with Crippen LogP contribution in [0.3, 0.4) is 0 Å². The number of carbonyl (C=O) groups excluding carboxylic acids is 2. The average molecular weight is 425 g/mol. The van der Waals surface area contributed by atoms with Gasteiger partial charge < -0.3 is 25.4 Å². The molecule has 7 nitrogen and oxygen atoms in total. The molecule has 0 saturated heterocycles. The van der Waals surface area contributed by atoms with Gasteiger partial charge in [-0.1, -0.05) is 44.5 Å². The van der Waals surface area contributed by atoms with Gasteiger partial charge in [0.15, 0.2) is 17.5 Å². The van der Waals surface area contributed by atoms with E-state index >= 15 is 0 Å². The molecule has 31 heavy (non-hydrogen) atoms. The van der Waals surface area contributed by atoms with Crippen molar-refractivity contribution in [3.8, 4) is 11.5 Å². The Morgan fingerprint density at radius 3 is 2.61 bits per heavy atom. The second-order valence-electron chi connectivity index (χ2n) is 8.24. The normalized spacial score (nSPS) is 19.0. The summed E-state index contributed by atoms with van der Waals surface area (Å²) < 4.78 is 11.1. The highest BCUT2D eigenvalue weighted by molar-refractivity contribution is 5.98. The van der Waals surface area contributed by atoms with Crippen LogP contribution in [0.4, 0.5) is 5.69 Å². The number of nitrogens with one attached hydrogen (secondary N) is 2. The molecular weight excluding hydrogens is 394 g/mol. The van der Waals surface area contributed by atoms with Crippen molar-refractivity contribution in [2.45, 2.75) is 45.3 Å². The summed E-state index contributed by atoms with van der Waals surface area (Å²) in [4.78, 5) is 26.1. The summed E-state index contributed by atoms with van der Waals surface area (Å²) in [5.74, 6) is 0.956. The van der Waals surface area contributed by atoms with Crippen LogP contribution in [0.1, 0.15) is 31.4 Å². The third-order valence-corrected chi connectivity index (χ3v) is 6.12. The molecule has 2 amide bonds. The maximum atomic E-state index is 13.1. The van der Waals surface area contributed by atoms with E-state index in [0.29, 0.717) is 36.8 Å². The van der Waals surface area contributed by atoms with Gasteiger partial charge in [0.2, 0.25) is 5.91 Å². The number of quaternary nitrogens is 1. The lowest BCUT2D eigenvalue weighted by molar-refractivity contribution is -0.695. The number of nitrogens with two attached hydrogens (primary N) is 1. The van der Waals surface area contributed by atoms with Crippen LogP contribution in [0.2, 0.25) is 0 Å². The second kappa shape index (κ2) is 9.39. The molecule has 3 atom stereocenters. The fraction of sp³-hybridized carbons (Fsp3) is 0.417. The van der Waals surface area contributed by atoms with E-state index in [1.165, 1.54) is 11.1 Å². The zero-order valence-corrected chi connectivity index (χ0v) is 18.0. The van der Waals surface area contributed by atoms with Crippen molar-refractivity contribution in [2.75, 3.05) is 18.5 Å². The molecule has 2 aromatic carbocycles. The van der Waals surface area contributed by atoms with Gasteiger partial charge in [0.25, 0.3) is 5.91 Å². The van der Waals surface area contributed by atoms with Crippen molar-refractivity contribution in [3.63, 3.8) is 0 Å². The first-order valence-corrected chi connectivity index (χ1v) is 11.0. The number of benzene rings is 2. The van der Waals surface area contributed by atoms with Crippen molar-refractivity contribution in [3.05, 3.63) is 53.6 Å². The van der Waals surface area contributed by atoms with Crippen LogP contribution in [0.5, 0.6) is 11.5 Å². The first kappa shape index (κ1) is 21.2. The van der Waals surface area contributed by atoms with Crippen LogP contribution in [0.15, 0.2) is 42.5 Å². The lowest BCUT2D eigenvalue weighted by Gasteiger charge is -2.27. The molecule has 0 radical (unpaired) electrons. The van der Waals surface area contributed by atoms with Crippen molar-refractivity contribution in [1.29, 1.82) is 0 Å². The van der Waals surface area contributed by atoms with Crippen LogP contribution in [0, 0.1) is 5.92 Å². The van der Waals surface area contributed by atoms with Crippen LogP contribution in [-0.4, -0.2) is 37.1 Å². The zero-order valence-electron chi connectivity index (χ0n) is 18.0. The van der Waals surface area contributed by atoms with Crippen molar-refractivity contribution in [2.24, 2.45) is 5.92 Å². The summed E-state index contributed by atoms with van der Waals surface area (Å²) in [6.45, 7) is 5.77. The van der Waals surface area contributed by atoms with Gasteiger partial charge in [-0.3, -0.25) is 9.59 Å². The summed E-state index contributed by atoms with van der Waals surface area (Å²) >= 11 is 0. The Balaban J connectivity index is 1.43. The first-order valence-electron chi connectivity index (χ1n) is 11.0. The number of ether oxygens (including phenoxy) is 2. The second-order valence-corrected chi connectivity index (χ2v) is 8.24. The number of fused-ring (bicyclic) bond motifs is 2. The molecule has 0 fully saturated rings. The lowest BCUT2D eigenvalue weighted by atomic mass is 9.94. The van der Waals surface area contributed by atoms with Crippen LogP contribution < -0.4 is 25.4 Å². The fourth-order valence-electron chi connectivity index (χ4n) is 4.05. The number of anilines is 1. The minimum atomic E-state index is -0.615. The molecule has 2 aliphatic rings. The maximum absolute atomic E-state index is 13.1. The molecule has 0 unspecified atom stereocenters. The Hall–Kier alpha value is -3.06. The summed E-state index contributed by atoms with van der Waals surface area (Å²) in [6, 6.07) is 12.7. The van der Waals surface area contributed by atoms with Crippen LogP contribution >= 0.6 is 0 Å². The highest BCUT2D eigenvalue weighted by Crippen LogP contribution is 2.32. The number of amides is 2. The summed E-state index contributed by atoms with van der Waals surface area (Å²) in [5.41, 5.74) is 3.09. The minimum Gasteiger partial charge on any atom is -0.486 e. The van der Waals surface area contributed by atoms with E-state index in [0.717, 1.165) is 13.0 Å². The van der Waals surface area contributed by atoms with Gasteiger partial charge in [0.05, 0.1) is 0 Å². The molecule has 7 heteroatoms. The molecule has 164 valence electrons. The SMILES string of the molecule is CC[C@@H](C)[C@H](NC(=O)[C@@H]1Cc2ccccc2C[NH2+]1)C(=O)Nc1ccc2c(c1)OCCO2. The molecule has 4 rings (SSSR count). The Bertz CT molecular complexity index is 962. The Morgan fingerprint density at radius 1 is 1.10 bits per heavy atom. The minimum absolute atomic E-state index is 0.00274. The predicted molar refractivity (Wildman–Crippen MR) is 117 cm³/mol. The van der Waals surface area contributed by atoms with Crippen molar-refractivity contribution >= 4 is 17.5 Å².